The maximum atomic E-state index is 6.17. The number of benzene rings is 1. The molecule has 1 aromatic carbocycles. The molecule has 2 heterocycles. The summed E-state index contributed by atoms with van der Waals surface area (Å²) >= 11 is 1.68. The van der Waals surface area contributed by atoms with Crippen LogP contribution in [-0.2, 0) is 6.54 Å². The number of anilines is 1. The van der Waals surface area contributed by atoms with E-state index in [4.69, 9.17) is 5.73 Å². The molecule has 0 radical (unpaired) electrons. The van der Waals surface area contributed by atoms with E-state index in [9.17, 15) is 0 Å². The van der Waals surface area contributed by atoms with Gasteiger partial charge in [-0.3, -0.25) is 4.68 Å². The summed E-state index contributed by atoms with van der Waals surface area (Å²) in [6, 6.07) is 6.19. The first-order valence-corrected chi connectivity index (χ1v) is 7.52. The fourth-order valence-electron chi connectivity index (χ4n) is 2.23. The Balaban J connectivity index is 1.98. The average Bonchev–Trinajstić information content (AvgIpc) is 3.03. The smallest absolute Gasteiger partial charge is 0.0931 e. The predicted octanol–water partition coefficient (Wildman–Crippen LogP) is 2.91. The van der Waals surface area contributed by atoms with Gasteiger partial charge in [0.05, 0.1) is 12.1 Å². The molecule has 0 unspecified atom stereocenters. The number of rotatable bonds is 4. The van der Waals surface area contributed by atoms with Gasteiger partial charge in [-0.05, 0) is 48.6 Å². The lowest BCUT2D eigenvalue weighted by Gasteiger charge is -2.08. The standard InChI is InChI=1S/C15H18N4S/c1-18(2)4-5-19-9-12-7-14(16)13(8-15(12)17-19)11-3-6-20-10-11/h3,6-10H,4-5,16H2,1-2H3. The molecule has 0 aliphatic rings. The van der Waals surface area contributed by atoms with E-state index < -0.39 is 0 Å². The molecule has 0 bridgehead atoms. The molecule has 0 fully saturated rings. The Morgan fingerprint density at radius 2 is 2.20 bits per heavy atom. The van der Waals surface area contributed by atoms with Gasteiger partial charge in [0, 0.05) is 29.4 Å². The van der Waals surface area contributed by atoms with Crippen molar-refractivity contribution in [2.75, 3.05) is 26.4 Å². The van der Waals surface area contributed by atoms with Crippen molar-refractivity contribution in [1.82, 2.24) is 14.7 Å². The molecule has 0 spiro atoms. The van der Waals surface area contributed by atoms with Crippen molar-refractivity contribution < 1.29 is 0 Å². The fraction of sp³-hybridized carbons (Fsp3) is 0.267. The number of hydrogen-bond donors (Lipinski definition) is 1. The molecule has 0 aliphatic carbocycles. The predicted molar refractivity (Wildman–Crippen MR) is 86.0 cm³/mol. The summed E-state index contributed by atoms with van der Waals surface area (Å²) in [4.78, 5) is 2.15. The molecule has 3 aromatic rings. The van der Waals surface area contributed by atoms with Crippen LogP contribution in [0.15, 0.2) is 35.2 Å². The van der Waals surface area contributed by atoms with Crippen molar-refractivity contribution >= 4 is 27.9 Å². The van der Waals surface area contributed by atoms with E-state index in [0.717, 1.165) is 40.8 Å². The largest absolute Gasteiger partial charge is 0.398 e. The highest BCUT2D eigenvalue weighted by Gasteiger charge is 2.08. The number of fused-ring (bicyclic) bond motifs is 1. The van der Waals surface area contributed by atoms with Crippen LogP contribution in [0.25, 0.3) is 22.0 Å². The number of hydrogen-bond acceptors (Lipinski definition) is 4. The molecule has 5 heteroatoms. The molecular formula is C15H18N4S. The number of nitrogens with two attached hydrogens (primary N) is 1. The second-order valence-corrected chi connectivity index (χ2v) is 5.99. The van der Waals surface area contributed by atoms with Crippen molar-refractivity contribution in [2.45, 2.75) is 6.54 Å². The molecule has 2 N–H and O–H groups in total. The molecule has 0 aliphatic heterocycles. The van der Waals surface area contributed by atoms with Gasteiger partial charge in [-0.25, -0.2) is 0 Å². The summed E-state index contributed by atoms with van der Waals surface area (Å²) < 4.78 is 1.99. The first-order chi connectivity index (χ1) is 9.63. The van der Waals surface area contributed by atoms with E-state index >= 15 is 0 Å². The highest BCUT2D eigenvalue weighted by Crippen LogP contribution is 2.31. The normalized spacial score (nSPS) is 11.6. The highest BCUT2D eigenvalue weighted by atomic mass is 32.1. The van der Waals surface area contributed by atoms with E-state index in [1.807, 2.05) is 10.7 Å². The minimum atomic E-state index is 0.808. The van der Waals surface area contributed by atoms with E-state index in [1.165, 1.54) is 0 Å². The zero-order chi connectivity index (χ0) is 14.1. The summed E-state index contributed by atoms with van der Waals surface area (Å²) in [5.74, 6) is 0. The Labute approximate surface area is 122 Å². The van der Waals surface area contributed by atoms with Crippen LogP contribution < -0.4 is 5.73 Å². The van der Waals surface area contributed by atoms with Crippen LogP contribution >= 0.6 is 11.3 Å². The zero-order valence-corrected chi connectivity index (χ0v) is 12.5. The first kappa shape index (κ1) is 13.1. The summed E-state index contributed by atoms with van der Waals surface area (Å²) in [6.45, 7) is 1.86. The van der Waals surface area contributed by atoms with Crippen molar-refractivity contribution in [2.24, 2.45) is 0 Å². The van der Waals surface area contributed by atoms with Crippen molar-refractivity contribution in [3.05, 3.63) is 35.2 Å². The Bertz CT molecular complexity index is 713. The number of thiophene rings is 1. The third kappa shape index (κ3) is 2.55. The quantitative estimate of drug-likeness (QED) is 0.750. The van der Waals surface area contributed by atoms with E-state index in [1.54, 1.807) is 11.3 Å². The molecule has 0 saturated carbocycles. The summed E-state index contributed by atoms with van der Waals surface area (Å²) in [7, 11) is 4.13. The topological polar surface area (TPSA) is 47.1 Å². The fourth-order valence-corrected chi connectivity index (χ4v) is 2.88. The van der Waals surface area contributed by atoms with Gasteiger partial charge in [0.2, 0.25) is 0 Å². The van der Waals surface area contributed by atoms with Crippen molar-refractivity contribution in [1.29, 1.82) is 0 Å². The Hall–Kier alpha value is -1.85. The number of likely N-dealkylation sites (N-methyl/N-ethyl adjacent to an activating group) is 1. The van der Waals surface area contributed by atoms with Crippen molar-refractivity contribution in [3.8, 4) is 11.1 Å². The second-order valence-electron chi connectivity index (χ2n) is 5.21. The highest BCUT2D eigenvalue weighted by molar-refractivity contribution is 7.08. The lowest BCUT2D eigenvalue weighted by Crippen LogP contribution is -2.18. The van der Waals surface area contributed by atoms with Crippen LogP contribution in [0.4, 0.5) is 5.69 Å². The number of aromatic nitrogens is 2. The van der Waals surface area contributed by atoms with Gasteiger partial charge >= 0.3 is 0 Å². The molecule has 0 atom stereocenters. The monoisotopic (exact) mass is 286 g/mol. The summed E-state index contributed by atoms with van der Waals surface area (Å²) in [5.41, 5.74) is 10.2. The molecule has 4 nitrogen and oxygen atoms in total. The van der Waals surface area contributed by atoms with Gasteiger partial charge in [-0.2, -0.15) is 16.4 Å². The van der Waals surface area contributed by atoms with Gasteiger partial charge in [0.1, 0.15) is 0 Å². The third-order valence-electron chi connectivity index (χ3n) is 3.33. The lowest BCUT2D eigenvalue weighted by molar-refractivity contribution is 0.374. The lowest BCUT2D eigenvalue weighted by atomic mass is 10.1. The number of nitrogen functional groups attached to an aromatic ring is 1. The molecule has 20 heavy (non-hydrogen) atoms. The summed E-state index contributed by atoms with van der Waals surface area (Å²) in [6.07, 6.45) is 2.06. The minimum absolute atomic E-state index is 0.808. The van der Waals surface area contributed by atoms with E-state index in [0.29, 0.717) is 0 Å². The second kappa shape index (κ2) is 5.26. The van der Waals surface area contributed by atoms with Crippen LogP contribution in [0.2, 0.25) is 0 Å². The molecule has 0 amide bonds. The molecule has 2 aromatic heterocycles. The maximum absolute atomic E-state index is 6.17. The zero-order valence-electron chi connectivity index (χ0n) is 11.7. The van der Waals surface area contributed by atoms with Gasteiger partial charge in [-0.1, -0.05) is 0 Å². The van der Waals surface area contributed by atoms with E-state index in [2.05, 4.69) is 53.2 Å². The van der Waals surface area contributed by atoms with Crippen LogP contribution in [0.1, 0.15) is 0 Å². The van der Waals surface area contributed by atoms with E-state index in [-0.39, 0.29) is 0 Å². The molecular weight excluding hydrogens is 268 g/mol. The SMILES string of the molecule is CN(C)CCn1cc2cc(N)c(-c3ccsc3)cc2n1. The Morgan fingerprint density at radius 3 is 2.90 bits per heavy atom. The van der Waals surface area contributed by atoms with Crippen molar-refractivity contribution in [3.63, 3.8) is 0 Å². The van der Waals surface area contributed by atoms with Gasteiger partial charge in [0.15, 0.2) is 0 Å². The van der Waals surface area contributed by atoms with Gasteiger partial charge in [-0.15, -0.1) is 0 Å². The third-order valence-corrected chi connectivity index (χ3v) is 4.01. The Kier molecular flexibility index (Phi) is 3.46. The van der Waals surface area contributed by atoms with Crippen LogP contribution in [0.3, 0.4) is 0 Å². The molecule has 3 rings (SSSR count). The molecule has 104 valence electrons. The van der Waals surface area contributed by atoms with Crippen LogP contribution in [-0.4, -0.2) is 35.3 Å². The first-order valence-electron chi connectivity index (χ1n) is 6.57. The average molecular weight is 286 g/mol. The Morgan fingerprint density at radius 1 is 1.35 bits per heavy atom. The van der Waals surface area contributed by atoms with Crippen LogP contribution in [0.5, 0.6) is 0 Å². The summed E-state index contributed by atoms with van der Waals surface area (Å²) in [5, 5.41) is 9.91. The molecule has 0 saturated heterocycles. The van der Waals surface area contributed by atoms with Gasteiger partial charge in [0.25, 0.3) is 0 Å². The maximum Gasteiger partial charge on any atom is 0.0931 e. The van der Waals surface area contributed by atoms with Crippen LogP contribution in [0, 0.1) is 0 Å². The number of nitrogens with zero attached hydrogens (tertiary/aromatic N) is 3. The van der Waals surface area contributed by atoms with Gasteiger partial charge < -0.3 is 10.6 Å². The minimum Gasteiger partial charge on any atom is -0.398 e.